The van der Waals surface area contributed by atoms with Crippen LogP contribution >= 0.6 is 15.9 Å². The van der Waals surface area contributed by atoms with Gasteiger partial charge in [-0.2, -0.15) is 5.26 Å². The Bertz CT molecular complexity index is 483. The second kappa shape index (κ2) is 7.77. The molecule has 102 valence electrons. The third kappa shape index (κ3) is 5.28. The Labute approximate surface area is 120 Å². The maximum Gasteiger partial charge on any atom is 0.257 e. The molecule has 0 radical (unpaired) electrons. The molecule has 1 amide bonds. The van der Waals surface area contributed by atoms with E-state index in [2.05, 4.69) is 21.2 Å². The van der Waals surface area contributed by atoms with E-state index in [1.807, 2.05) is 6.07 Å². The zero-order valence-electron chi connectivity index (χ0n) is 10.5. The lowest BCUT2D eigenvalue weighted by Crippen LogP contribution is -2.29. The van der Waals surface area contributed by atoms with Crippen LogP contribution in [0.2, 0.25) is 0 Å². The van der Waals surface area contributed by atoms with Gasteiger partial charge in [0.2, 0.25) is 0 Å². The highest BCUT2D eigenvalue weighted by Crippen LogP contribution is 2.28. The molecule has 0 spiro atoms. The Morgan fingerprint density at radius 3 is 3.00 bits per heavy atom. The summed E-state index contributed by atoms with van der Waals surface area (Å²) in [6.07, 6.45) is -0.411. The second-order valence-electron chi connectivity index (χ2n) is 3.90. The van der Waals surface area contributed by atoms with E-state index >= 15 is 0 Å². The van der Waals surface area contributed by atoms with E-state index in [0.717, 1.165) is 4.47 Å². The fraction of sp³-hybridized carbons (Fsp3) is 0.385. The molecule has 1 rings (SSSR count). The Morgan fingerprint density at radius 1 is 1.63 bits per heavy atom. The second-order valence-corrected chi connectivity index (χ2v) is 4.82. The quantitative estimate of drug-likeness (QED) is 0.782. The van der Waals surface area contributed by atoms with E-state index in [1.165, 1.54) is 0 Å². The van der Waals surface area contributed by atoms with E-state index in [4.69, 9.17) is 10.00 Å². The van der Waals surface area contributed by atoms with Crippen molar-refractivity contribution in [1.29, 1.82) is 5.26 Å². The molecule has 0 aliphatic rings. The molecule has 0 saturated carbocycles. The number of halogens is 1. The van der Waals surface area contributed by atoms with Crippen molar-refractivity contribution >= 4 is 21.8 Å². The highest BCUT2D eigenvalue weighted by Gasteiger charge is 2.11. The molecule has 1 unspecified atom stereocenters. The van der Waals surface area contributed by atoms with Crippen molar-refractivity contribution in [2.45, 2.75) is 19.4 Å². The fourth-order valence-electron chi connectivity index (χ4n) is 1.43. The molecule has 0 aromatic heterocycles. The van der Waals surface area contributed by atoms with Crippen LogP contribution in [0.25, 0.3) is 0 Å². The number of aliphatic hydroxyl groups excluding tert-OH is 1. The number of hydrogen-bond acceptors (Lipinski definition) is 4. The summed E-state index contributed by atoms with van der Waals surface area (Å²) in [6, 6.07) is 7.16. The predicted octanol–water partition coefficient (Wildman–Crippen LogP) is 1.91. The minimum atomic E-state index is -0.676. The van der Waals surface area contributed by atoms with Crippen molar-refractivity contribution in [2.24, 2.45) is 0 Å². The van der Waals surface area contributed by atoms with Crippen LogP contribution in [0.4, 0.5) is 0 Å². The van der Waals surface area contributed by atoms with E-state index in [1.54, 1.807) is 25.1 Å². The summed E-state index contributed by atoms with van der Waals surface area (Å²) < 4.78 is 6.19. The molecule has 0 saturated heterocycles. The Kier molecular flexibility index (Phi) is 6.33. The molecular formula is C13H15BrN2O3. The standard InChI is InChI=1S/C13H15BrN2O3/c1-9(17)11-4-3-10(14)7-12(11)19-8-13(18)16-6-2-5-15/h3-4,7,9,17H,2,6,8H2,1H3,(H,16,18). The number of amides is 1. The predicted molar refractivity (Wildman–Crippen MR) is 73.5 cm³/mol. The van der Waals surface area contributed by atoms with Crippen molar-refractivity contribution in [3.8, 4) is 11.8 Å². The van der Waals surface area contributed by atoms with Crippen LogP contribution < -0.4 is 10.1 Å². The van der Waals surface area contributed by atoms with Crippen molar-refractivity contribution < 1.29 is 14.6 Å². The molecule has 6 heteroatoms. The zero-order valence-corrected chi connectivity index (χ0v) is 12.1. The van der Waals surface area contributed by atoms with Gasteiger partial charge < -0.3 is 15.2 Å². The highest BCUT2D eigenvalue weighted by molar-refractivity contribution is 9.10. The number of benzene rings is 1. The van der Waals surface area contributed by atoms with Crippen LogP contribution in [-0.4, -0.2) is 24.2 Å². The summed E-state index contributed by atoms with van der Waals surface area (Å²) in [5, 5.41) is 20.5. The first-order valence-electron chi connectivity index (χ1n) is 5.78. The lowest BCUT2D eigenvalue weighted by Gasteiger charge is -2.13. The van der Waals surface area contributed by atoms with Gasteiger partial charge in [0, 0.05) is 16.6 Å². The number of hydrogen-bond donors (Lipinski definition) is 2. The number of nitrogens with zero attached hydrogens (tertiary/aromatic N) is 1. The van der Waals surface area contributed by atoms with E-state index in [-0.39, 0.29) is 18.9 Å². The van der Waals surface area contributed by atoms with E-state index < -0.39 is 6.10 Å². The molecule has 0 aliphatic carbocycles. The van der Waals surface area contributed by atoms with Gasteiger partial charge in [-0.3, -0.25) is 4.79 Å². The molecule has 1 atom stereocenters. The summed E-state index contributed by atoms with van der Waals surface area (Å²) in [4.78, 5) is 11.4. The Morgan fingerprint density at radius 2 is 2.37 bits per heavy atom. The van der Waals surface area contributed by atoms with Crippen LogP contribution in [-0.2, 0) is 4.79 Å². The molecule has 0 heterocycles. The summed E-state index contributed by atoms with van der Waals surface area (Å²) in [5.41, 5.74) is 0.619. The fourth-order valence-corrected chi connectivity index (χ4v) is 1.77. The zero-order chi connectivity index (χ0) is 14.3. The number of aliphatic hydroxyl groups is 1. The number of rotatable bonds is 6. The molecule has 0 bridgehead atoms. The van der Waals surface area contributed by atoms with Crippen LogP contribution in [0.5, 0.6) is 5.75 Å². The smallest absolute Gasteiger partial charge is 0.257 e. The van der Waals surface area contributed by atoms with Gasteiger partial charge in [0.25, 0.3) is 5.91 Å². The lowest BCUT2D eigenvalue weighted by molar-refractivity contribution is -0.123. The van der Waals surface area contributed by atoms with Gasteiger partial charge in [-0.05, 0) is 19.1 Å². The van der Waals surface area contributed by atoms with Crippen molar-refractivity contribution in [3.05, 3.63) is 28.2 Å². The maximum atomic E-state index is 11.4. The van der Waals surface area contributed by atoms with Gasteiger partial charge in [-0.15, -0.1) is 0 Å². The number of nitrogens with one attached hydrogen (secondary N) is 1. The molecule has 0 fully saturated rings. The topological polar surface area (TPSA) is 82.3 Å². The molecule has 1 aromatic rings. The average Bonchev–Trinajstić information content (AvgIpc) is 2.36. The first kappa shape index (κ1) is 15.5. The summed E-state index contributed by atoms with van der Waals surface area (Å²) in [5.74, 6) is 0.159. The monoisotopic (exact) mass is 326 g/mol. The normalized spacial score (nSPS) is 11.5. The van der Waals surface area contributed by atoms with Crippen LogP contribution in [0.15, 0.2) is 22.7 Å². The number of nitriles is 1. The first-order valence-corrected chi connectivity index (χ1v) is 6.58. The van der Waals surface area contributed by atoms with Gasteiger partial charge in [-0.25, -0.2) is 0 Å². The van der Waals surface area contributed by atoms with Crippen LogP contribution in [0.1, 0.15) is 25.0 Å². The van der Waals surface area contributed by atoms with Crippen LogP contribution in [0.3, 0.4) is 0 Å². The van der Waals surface area contributed by atoms with E-state index in [0.29, 0.717) is 17.9 Å². The molecule has 0 aliphatic heterocycles. The summed E-state index contributed by atoms with van der Waals surface area (Å²) in [7, 11) is 0. The number of carbonyl (C=O) groups is 1. The lowest BCUT2D eigenvalue weighted by atomic mass is 10.1. The molecule has 2 N–H and O–H groups in total. The first-order chi connectivity index (χ1) is 9.04. The van der Waals surface area contributed by atoms with Gasteiger partial charge in [-0.1, -0.05) is 22.0 Å². The largest absolute Gasteiger partial charge is 0.483 e. The molecule has 1 aromatic carbocycles. The molecule has 5 nitrogen and oxygen atoms in total. The Hall–Kier alpha value is -1.58. The third-order valence-electron chi connectivity index (χ3n) is 2.34. The van der Waals surface area contributed by atoms with Crippen LogP contribution in [0, 0.1) is 11.3 Å². The molecule has 19 heavy (non-hydrogen) atoms. The SMILES string of the molecule is CC(O)c1ccc(Br)cc1OCC(=O)NCCC#N. The minimum absolute atomic E-state index is 0.151. The third-order valence-corrected chi connectivity index (χ3v) is 2.84. The van der Waals surface area contributed by atoms with Gasteiger partial charge in [0.05, 0.1) is 18.6 Å². The van der Waals surface area contributed by atoms with Gasteiger partial charge in [0.15, 0.2) is 6.61 Å². The van der Waals surface area contributed by atoms with Gasteiger partial charge in [0.1, 0.15) is 5.75 Å². The van der Waals surface area contributed by atoms with Crippen molar-refractivity contribution in [1.82, 2.24) is 5.32 Å². The molecular weight excluding hydrogens is 312 g/mol. The van der Waals surface area contributed by atoms with Crippen molar-refractivity contribution in [2.75, 3.05) is 13.2 Å². The summed E-state index contributed by atoms with van der Waals surface area (Å²) in [6.45, 7) is 1.78. The minimum Gasteiger partial charge on any atom is -0.483 e. The maximum absolute atomic E-state index is 11.4. The highest BCUT2D eigenvalue weighted by atomic mass is 79.9. The van der Waals surface area contributed by atoms with Crippen molar-refractivity contribution in [3.63, 3.8) is 0 Å². The number of carbonyl (C=O) groups excluding carboxylic acids is 1. The van der Waals surface area contributed by atoms with E-state index in [9.17, 15) is 9.90 Å². The summed E-state index contributed by atoms with van der Waals surface area (Å²) >= 11 is 3.31. The number of ether oxygens (including phenoxy) is 1. The Balaban J connectivity index is 2.59. The average molecular weight is 327 g/mol. The van der Waals surface area contributed by atoms with Gasteiger partial charge >= 0.3 is 0 Å².